The summed E-state index contributed by atoms with van der Waals surface area (Å²) in [5, 5.41) is 4.77. The van der Waals surface area contributed by atoms with Crippen LogP contribution in [0.1, 0.15) is 5.56 Å². The summed E-state index contributed by atoms with van der Waals surface area (Å²) in [7, 11) is 1.84. The number of hydrogen-bond acceptors (Lipinski definition) is 9. The molecule has 6 aromatic rings. The van der Waals surface area contributed by atoms with Gasteiger partial charge in [0.05, 0.1) is 34.5 Å². The normalized spacial score (nSPS) is 11.2. The van der Waals surface area contributed by atoms with E-state index < -0.39 is 0 Å². The summed E-state index contributed by atoms with van der Waals surface area (Å²) >= 11 is 0. The summed E-state index contributed by atoms with van der Waals surface area (Å²) in [5.74, 6) is 2.32. The number of nitrogens with two attached hydrogens (primary N) is 1. The number of nitrogens with one attached hydrogen (secondary N) is 1. The monoisotopic (exact) mass is 464 g/mol. The number of nitrogens with zero attached hydrogens (tertiary/aromatic N) is 6. The smallest absolute Gasteiger partial charge is 0.228 e. The molecule has 1 aromatic carbocycles. The summed E-state index contributed by atoms with van der Waals surface area (Å²) in [6.45, 7) is 0.334. The highest BCUT2D eigenvalue weighted by Crippen LogP contribution is 2.33. The molecule has 0 saturated heterocycles. The van der Waals surface area contributed by atoms with Gasteiger partial charge in [-0.25, -0.2) is 19.9 Å². The van der Waals surface area contributed by atoms with Crippen LogP contribution in [0.5, 0.6) is 5.75 Å². The minimum atomic E-state index is 0.334. The molecule has 0 amide bonds. The topological polar surface area (TPSA) is 130 Å². The zero-order chi connectivity index (χ0) is 23.8. The number of aromatic nitrogens is 6. The molecule has 0 fully saturated rings. The lowest BCUT2D eigenvalue weighted by Gasteiger charge is -2.10. The van der Waals surface area contributed by atoms with Crippen LogP contribution in [-0.4, -0.2) is 36.5 Å². The summed E-state index contributed by atoms with van der Waals surface area (Å²) in [4.78, 5) is 21.8. The van der Waals surface area contributed by atoms with E-state index in [0.29, 0.717) is 34.9 Å². The number of benzene rings is 1. The second-order valence-corrected chi connectivity index (χ2v) is 7.85. The maximum Gasteiger partial charge on any atom is 0.228 e. The first kappa shape index (κ1) is 20.6. The molecule has 0 radical (unpaired) electrons. The Balaban J connectivity index is 1.32. The lowest BCUT2D eigenvalue weighted by atomic mass is 10.2. The Morgan fingerprint density at radius 3 is 2.86 bits per heavy atom. The first-order chi connectivity index (χ1) is 17.2. The minimum absolute atomic E-state index is 0.334. The molecule has 0 aliphatic rings. The summed E-state index contributed by atoms with van der Waals surface area (Å²) in [5.41, 5.74) is 10.1. The fraction of sp³-hybridized carbons (Fsp3) is 0.0800. The summed E-state index contributed by atoms with van der Waals surface area (Å²) in [6, 6.07) is 11.8. The molecule has 6 rings (SSSR count). The Hall–Kier alpha value is -4.99. The number of fused-ring (bicyclic) bond motifs is 2. The maximum atomic E-state index is 6.18. The lowest BCUT2D eigenvalue weighted by Crippen LogP contribution is -2.01. The van der Waals surface area contributed by atoms with Crippen molar-refractivity contribution in [3.63, 3.8) is 0 Å². The minimum Gasteiger partial charge on any atom is -0.489 e. The predicted molar refractivity (Wildman–Crippen MR) is 132 cm³/mol. The molecule has 0 spiro atoms. The van der Waals surface area contributed by atoms with Gasteiger partial charge in [0.2, 0.25) is 5.89 Å². The first-order valence-electron chi connectivity index (χ1n) is 10.9. The second kappa shape index (κ2) is 8.41. The van der Waals surface area contributed by atoms with Gasteiger partial charge in [-0.15, -0.1) is 0 Å². The molecular formula is C25H20N8O2. The van der Waals surface area contributed by atoms with Crippen molar-refractivity contribution in [1.82, 2.24) is 29.5 Å². The molecule has 3 N–H and O–H groups in total. The zero-order valence-corrected chi connectivity index (χ0v) is 18.7. The van der Waals surface area contributed by atoms with Crippen LogP contribution in [0.3, 0.4) is 0 Å². The number of hydrogen-bond donors (Lipinski definition) is 2. The van der Waals surface area contributed by atoms with E-state index in [1.165, 1.54) is 12.6 Å². The zero-order valence-electron chi connectivity index (χ0n) is 18.7. The summed E-state index contributed by atoms with van der Waals surface area (Å²) in [6.07, 6.45) is 9.92. The number of ether oxygens (including phenoxy) is 1. The fourth-order valence-electron chi connectivity index (χ4n) is 3.98. The van der Waals surface area contributed by atoms with E-state index in [1.807, 2.05) is 54.2 Å². The molecule has 0 bridgehead atoms. The van der Waals surface area contributed by atoms with Gasteiger partial charge in [-0.05, 0) is 30.3 Å². The SMILES string of the molecule is CNc1ccc2ccc(OCc3cncc(-n4cc(-c5ncco5)c5c(N)ncnc54)c3)cc2n1. The Morgan fingerprint density at radius 1 is 1.09 bits per heavy atom. The van der Waals surface area contributed by atoms with Crippen molar-refractivity contribution in [2.45, 2.75) is 6.61 Å². The van der Waals surface area contributed by atoms with E-state index in [-0.39, 0.29) is 0 Å². The number of rotatable bonds is 6. The number of anilines is 2. The second-order valence-electron chi connectivity index (χ2n) is 7.85. The molecule has 0 unspecified atom stereocenters. The Bertz CT molecular complexity index is 1660. The van der Waals surface area contributed by atoms with Gasteiger partial charge in [0, 0.05) is 36.5 Å². The van der Waals surface area contributed by atoms with E-state index in [9.17, 15) is 0 Å². The molecule has 0 saturated carbocycles. The van der Waals surface area contributed by atoms with E-state index in [4.69, 9.17) is 14.9 Å². The van der Waals surface area contributed by atoms with Crippen LogP contribution in [-0.2, 0) is 6.61 Å². The van der Waals surface area contributed by atoms with Crippen molar-refractivity contribution in [1.29, 1.82) is 0 Å². The van der Waals surface area contributed by atoms with E-state index in [2.05, 4.69) is 30.2 Å². The van der Waals surface area contributed by atoms with Crippen molar-refractivity contribution in [2.75, 3.05) is 18.1 Å². The van der Waals surface area contributed by atoms with Gasteiger partial charge in [-0.2, -0.15) is 0 Å². The van der Waals surface area contributed by atoms with Gasteiger partial charge in [-0.3, -0.25) is 9.55 Å². The molecule has 10 heteroatoms. The first-order valence-corrected chi connectivity index (χ1v) is 10.9. The quantitative estimate of drug-likeness (QED) is 0.372. The molecule has 172 valence electrons. The maximum absolute atomic E-state index is 6.18. The highest BCUT2D eigenvalue weighted by molar-refractivity contribution is 5.99. The van der Waals surface area contributed by atoms with Crippen molar-refractivity contribution in [3.8, 4) is 22.9 Å². The molecule has 5 aromatic heterocycles. The van der Waals surface area contributed by atoms with Crippen LogP contribution in [0.2, 0.25) is 0 Å². The molecular weight excluding hydrogens is 444 g/mol. The van der Waals surface area contributed by atoms with Crippen LogP contribution < -0.4 is 15.8 Å². The van der Waals surface area contributed by atoms with Gasteiger partial charge >= 0.3 is 0 Å². The highest BCUT2D eigenvalue weighted by Gasteiger charge is 2.19. The molecule has 0 atom stereocenters. The van der Waals surface area contributed by atoms with Crippen molar-refractivity contribution < 1.29 is 9.15 Å². The molecule has 0 aliphatic carbocycles. The van der Waals surface area contributed by atoms with Crippen LogP contribution in [0.15, 0.2) is 78.2 Å². The number of nitrogen functional groups attached to an aromatic ring is 1. The third kappa shape index (κ3) is 3.76. The average Bonchev–Trinajstić information content (AvgIpc) is 3.56. The van der Waals surface area contributed by atoms with Gasteiger partial charge < -0.3 is 20.2 Å². The Morgan fingerprint density at radius 2 is 2.00 bits per heavy atom. The van der Waals surface area contributed by atoms with Crippen LogP contribution in [0.25, 0.3) is 39.1 Å². The lowest BCUT2D eigenvalue weighted by molar-refractivity contribution is 0.306. The van der Waals surface area contributed by atoms with Gasteiger partial charge in [0.1, 0.15) is 36.6 Å². The Labute approximate surface area is 199 Å². The van der Waals surface area contributed by atoms with Gasteiger partial charge in [0.15, 0.2) is 5.65 Å². The van der Waals surface area contributed by atoms with Gasteiger partial charge in [0.25, 0.3) is 0 Å². The molecule has 10 nitrogen and oxygen atoms in total. The fourth-order valence-corrected chi connectivity index (χ4v) is 3.98. The number of oxazole rings is 1. The van der Waals surface area contributed by atoms with Crippen molar-refractivity contribution in [3.05, 3.63) is 79.3 Å². The van der Waals surface area contributed by atoms with Gasteiger partial charge in [-0.1, -0.05) is 0 Å². The van der Waals surface area contributed by atoms with Crippen LogP contribution >= 0.6 is 0 Å². The molecule has 5 heterocycles. The third-order valence-electron chi connectivity index (χ3n) is 5.66. The Kier molecular flexibility index (Phi) is 4.95. The largest absolute Gasteiger partial charge is 0.489 e. The standard InChI is InChI=1S/C25H20N8O2/c1-27-21-5-3-16-2-4-18(9-20(16)32-21)35-13-15-8-17(11-28-10-15)33-12-19(25-29-6-7-34-25)22-23(26)30-14-31-24(22)33/h2-12,14H,13H2,1H3,(H,27,32)(H2,26,30,31). The van der Waals surface area contributed by atoms with Crippen molar-refractivity contribution >= 4 is 33.6 Å². The van der Waals surface area contributed by atoms with Crippen LogP contribution in [0.4, 0.5) is 11.6 Å². The van der Waals surface area contributed by atoms with Crippen LogP contribution in [0, 0.1) is 0 Å². The number of pyridine rings is 2. The summed E-state index contributed by atoms with van der Waals surface area (Å²) < 4.78 is 13.5. The molecule has 35 heavy (non-hydrogen) atoms. The van der Waals surface area contributed by atoms with E-state index >= 15 is 0 Å². The van der Waals surface area contributed by atoms with E-state index in [1.54, 1.807) is 18.6 Å². The predicted octanol–water partition coefficient (Wildman–Crippen LogP) is 4.22. The highest BCUT2D eigenvalue weighted by atomic mass is 16.5. The molecule has 0 aliphatic heterocycles. The third-order valence-corrected chi connectivity index (χ3v) is 5.66. The van der Waals surface area contributed by atoms with Crippen molar-refractivity contribution in [2.24, 2.45) is 0 Å². The average molecular weight is 464 g/mol. The van der Waals surface area contributed by atoms with E-state index in [0.717, 1.165) is 33.7 Å².